The first-order valence-electron chi connectivity index (χ1n) is 11.0. The standard InChI is InChI=1S/C25H24N2O9S/c1-17-3-12-25(37(32,33)34)22(15-17)18(2)35-13-14-36-24-16-20(8-11-23(24)27(30)31)5-4-19-6-9-21(10-7-19)26(28)29/h3-12,15-16,18H,13-14H2,1-2H3,(H,32,33,34)/b5-4+. The first-order chi connectivity index (χ1) is 17.5. The van der Waals surface area contributed by atoms with Crippen LogP contribution in [0.3, 0.4) is 0 Å². The minimum Gasteiger partial charge on any atom is -0.484 e. The van der Waals surface area contributed by atoms with E-state index in [0.29, 0.717) is 11.1 Å². The minimum atomic E-state index is -4.44. The summed E-state index contributed by atoms with van der Waals surface area (Å²) in [6.07, 6.45) is 2.69. The van der Waals surface area contributed by atoms with Crippen molar-refractivity contribution < 1.29 is 32.3 Å². The maximum Gasteiger partial charge on any atom is 0.310 e. The fourth-order valence-electron chi connectivity index (χ4n) is 3.49. The second kappa shape index (κ2) is 11.7. The molecule has 1 N–H and O–H groups in total. The number of aryl methyl sites for hydroxylation is 1. The molecule has 0 saturated carbocycles. The van der Waals surface area contributed by atoms with Crippen molar-refractivity contribution in [3.8, 4) is 5.75 Å². The Bertz CT molecular complexity index is 1440. The predicted octanol–water partition coefficient (Wildman–Crippen LogP) is 5.39. The van der Waals surface area contributed by atoms with Crippen molar-refractivity contribution in [2.75, 3.05) is 13.2 Å². The maximum absolute atomic E-state index is 11.7. The Balaban J connectivity index is 1.68. The molecule has 0 bridgehead atoms. The molecule has 3 aromatic carbocycles. The van der Waals surface area contributed by atoms with Crippen molar-refractivity contribution in [2.24, 2.45) is 0 Å². The predicted molar refractivity (Wildman–Crippen MR) is 136 cm³/mol. The molecular weight excluding hydrogens is 504 g/mol. The first-order valence-corrected chi connectivity index (χ1v) is 12.4. The summed E-state index contributed by atoms with van der Waals surface area (Å²) in [5, 5.41) is 22.2. The van der Waals surface area contributed by atoms with Crippen LogP contribution in [0.5, 0.6) is 5.75 Å². The summed E-state index contributed by atoms with van der Waals surface area (Å²) in [4.78, 5) is 20.9. The highest BCUT2D eigenvalue weighted by Gasteiger charge is 2.20. The molecule has 0 radical (unpaired) electrons. The number of rotatable bonds is 11. The molecule has 1 unspecified atom stereocenters. The van der Waals surface area contributed by atoms with E-state index in [1.807, 2.05) is 0 Å². The number of nitro groups is 2. The highest BCUT2D eigenvalue weighted by Crippen LogP contribution is 2.30. The van der Waals surface area contributed by atoms with Crippen LogP contribution in [-0.4, -0.2) is 36.0 Å². The van der Waals surface area contributed by atoms with Gasteiger partial charge >= 0.3 is 5.69 Å². The molecule has 194 valence electrons. The molecular formula is C25H24N2O9S. The van der Waals surface area contributed by atoms with Gasteiger partial charge in [-0.2, -0.15) is 8.42 Å². The van der Waals surface area contributed by atoms with Crippen molar-refractivity contribution in [3.63, 3.8) is 0 Å². The molecule has 0 amide bonds. The molecule has 11 nitrogen and oxygen atoms in total. The van der Waals surface area contributed by atoms with Crippen molar-refractivity contribution in [1.29, 1.82) is 0 Å². The summed E-state index contributed by atoms with van der Waals surface area (Å²) < 4.78 is 44.1. The van der Waals surface area contributed by atoms with E-state index < -0.39 is 26.1 Å². The Morgan fingerprint density at radius 2 is 1.57 bits per heavy atom. The molecule has 0 aliphatic carbocycles. The topological polar surface area (TPSA) is 159 Å². The fourth-order valence-corrected chi connectivity index (χ4v) is 4.25. The first kappa shape index (κ1) is 27.5. The molecule has 12 heteroatoms. The van der Waals surface area contributed by atoms with Crippen LogP contribution in [0.2, 0.25) is 0 Å². The van der Waals surface area contributed by atoms with E-state index in [1.54, 1.807) is 56.3 Å². The zero-order valence-corrected chi connectivity index (χ0v) is 20.8. The van der Waals surface area contributed by atoms with E-state index in [0.717, 1.165) is 5.56 Å². The lowest BCUT2D eigenvalue weighted by Gasteiger charge is -2.17. The number of nitrogens with zero attached hydrogens (tertiary/aromatic N) is 2. The molecule has 0 aliphatic rings. The smallest absolute Gasteiger partial charge is 0.310 e. The molecule has 0 saturated heterocycles. The van der Waals surface area contributed by atoms with E-state index in [1.165, 1.54) is 30.3 Å². The summed E-state index contributed by atoms with van der Waals surface area (Å²) in [6.45, 7) is 3.32. The van der Waals surface area contributed by atoms with E-state index in [2.05, 4.69) is 0 Å². The monoisotopic (exact) mass is 528 g/mol. The number of hydrogen-bond donors (Lipinski definition) is 1. The van der Waals surface area contributed by atoms with Gasteiger partial charge in [0.15, 0.2) is 5.75 Å². The Morgan fingerprint density at radius 3 is 2.19 bits per heavy atom. The molecule has 3 rings (SSSR count). The molecule has 0 fully saturated rings. The van der Waals surface area contributed by atoms with Gasteiger partial charge in [0.1, 0.15) is 6.61 Å². The van der Waals surface area contributed by atoms with E-state index in [-0.39, 0.29) is 40.8 Å². The van der Waals surface area contributed by atoms with Gasteiger partial charge in [0.25, 0.3) is 15.8 Å². The van der Waals surface area contributed by atoms with Crippen LogP contribution in [0.25, 0.3) is 12.2 Å². The second-order valence-corrected chi connectivity index (χ2v) is 9.43. The molecule has 0 aromatic heterocycles. The van der Waals surface area contributed by atoms with Crippen molar-refractivity contribution in [2.45, 2.75) is 24.8 Å². The molecule has 0 aliphatic heterocycles. The SMILES string of the molecule is Cc1ccc(S(=O)(=O)O)c(C(C)OCCOc2cc(/C=C/c3ccc([N+](=O)[O-])cc3)ccc2[N+](=O)[O-])c1. The molecule has 0 spiro atoms. The van der Waals surface area contributed by atoms with Crippen LogP contribution < -0.4 is 4.74 Å². The number of benzene rings is 3. The average Bonchev–Trinajstić information content (AvgIpc) is 2.84. The van der Waals surface area contributed by atoms with Crippen LogP contribution in [0.15, 0.2) is 65.6 Å². The number of nitro benzene ring substituents is 2. The lowest BCUT2D eigenvalue weighted by Crippen LogP contribution is -2.13. The van der Waals surface area contributed by atoms with Gasteiger partial charge in [0.2, 0.25) is 0 Å². The van der Waals surface area contributed by atoms with Gasteiger partial charge in [-0.3, -0.25) is 24.8 Å². The lowest BCUT2D eigenvalue weighted by atomic mass is 10.1. The van der Waals surface area contributed by atoms with E-state index >= 15 is 0 Å². The third-order valence-corrected chi connectivity index (χ3v) is 6.27. The highest BCUT2D eigenvalue weighted by molar-refractivity contribution is 7.85. The zero-order chi connectivity index (χ0) is 27.2. The van der Waals surface area contributed by atoms with E-state index in [9.17, 15) is 33.2 Å². The quantitative estimate of drug-likeness (QED) is 0.113. The molecule has 3 aromatic rings. The summed E-state index contributed by atoms with van der Waals surface area (Å²) in [6, 6.07) is 14.7. The third kappa shape index (κ3) is 7.43. The van der Waals surface area contributed by atoms with Gasteiger partial charge in [-0.05, 0) is 55.3 Å². The number of hydrogen-bond acceptors (Lipinski definition) is 8. The lowest BCUT2D eigenvalue weighted by molar-refractivity contribution is -0.385. The Morgan fingerprint density at radius 1 is 0.919 bits per heavy atom. The van der Waals surface area contributed by atoms with Crippen molar-refractivity contribution in [3.05, 3.63) is 103 Å². The van der Waals surface area contributed by atoms with E-state index in [4.69, 9.17) is 9.47 Å². The number of ether oxygens (including phenoxy) is 2. The zero-order valence-electron chi connectivity index (χ0n) is 19.9. The Hall–Kier alpha value is -4.13. The van der Waals surface area contributed by atoms with Gasteiger partial charge < -0.3 is 9.47 Å². The van der Waals surface area contributed by atoms with Gasteiger partial charge in [-0.15, -0.1) is 0 Å². The maximum atomic E-state index is 11.7. The fraction of sp³-hybridized carbons (Fsp3) is 0.200. The van der Waals surface area contributed by atoms with Crippen LogP contribution in [0.1, 0.15) is 35.3 Å². The number of non-ortho nitro benzene ring substituents is 1. The van der Waals surface area contributed by atoms with Gasteiger partial charge in [0.05, 0.1) is 27.5 Å². The molecule has 1 atom stereocenters. The van der Waals surface area contributed by atoms with Gasteiger partial charge in [-0.25, -0.2) is 0 Å². The van der Waals surface area contributed by atoms with Gasteiger partial charge in [0, 0.05) is 23.8 Å². The largest absolute Gasteiger partial charge is 0.484 e. The van der Waals surface area contributed by atoms with Crippen molar-refractivity contribution in [1.82, 2.24) is 0 Å². The average molecular weight is 529 g/mol. The minimum absolute atomic E-state index is 0.0138. The Labute approximate surface area is 213 Å². The van der Waals surface area contributed by atoms with Crippen LogP contribution in [0.4, 0.5) is 11.4 Å². The normalized spacial score (nSPS) is 12.4. The summed E-state index contributed by atoms with van der Waals surface area (Å²) in [5.74, 6) is 0.0151. The highest BCUT2D eigenvalue weighted by atomic mass is 32.2. The van der Waals surface area contributed by atoms with Crippen molar-refractivity contribution >= 4 is 33.6 Å². The third-order valence-electron chi connectivity index (χ3n) is 5.34. The van der Waals surface area contributed by atoms with Crippen LogP contribution in [0, 0.1) is 27.2 Å². The van der Waals surface area contributed by atoms with Crippen LogP contribution >= 0.6 is 0 Å². The summed E-state index contributed by atoms with van der Waals surface area (Å²) >= 11 is 0. The summed E-state index contributed by atoms with van der Waals surface area (Å²) in [7, 11) is -4.44. The molecule has 0 heterocycles. The Kier molecular flexibility index (Phi) is 8.71. The molecule has 37 heavy (non-hydrogen) atoms. The second-order valence-electron chi connectivity index (χ2n) is 8.04. The van der Waals surface area contributed by atoms with Crippen LogP contribution in [-0.2, 0) is 14.9 Å². The summed E-state index contributed by atoms with van der Waals surface area (Å²) in [5.41, 5.74) is 2.10. The van der Waals surface area contributed by atoms with Gasteiger partial charge in [-0.1, -0.05) is 29.8 Å².